The van der Waals surface area contributed by atoms with Gasteiger partial charge in [0, 0.05) is 36.7 Å². The Morgan fingerprint density at radius 2 is 1.84 bits per heavy atom. The van der Waals surface area contributed by atoms with Crippen LogP contribution in [0, 0.1) is 0 Å². The molecule has 3 aromatic carbocycles. The second-order valence-corrected chi connectivity index (χ2v) is 11.6. The molecule has 238 valence electrons. The van der Waals surface area contributed by atoms with E-state index in [-0.39, 0.29) is 17.4 Å². The smallest absolute Gasteiger partial charge is 0.348 e. The average Bonchev–Trinajstić information content (AvgIpc) is 3.46. The fourth-order valence-corrected chi connectivity index (χ4v) is 5.74. The van der Waals surface area contributed by atoms with Crippen molar-refractivity contribution in [2.75, 3.05) is 39.8 Å². The van der Waals surface area contributed by atoms with Crippen LogP contribution in [-0.4, -0.2) is 77.1 Å². The minimum absolute atomic E-state index is 0.0394. The summed E-state index contributed by atoms with van der Waals surface area (Å²) in [7, 11) is 1.98. The van der Waals surface area contributed by atoms with E-state index in [2.05, 4.69) is 15.2 Å². The third-order valence-electron chi connectivity index (χ3n) is 8.23. The highest BCUT2D eigenvalue weighted by molar-refractivity contribution is 5.87. The summed E-state index contributed by atoms with van der Waals surface area (Å²) in [5.74, 6) is -0.182. The van der Waals surface area contributed by atoms with Gasteiger partial charge >= 0.3 is 5.97 Å². The molecule has 1 aliphatic heterocycles. The largest absolute Gasteiger partial charge is 0.506 e. The first-order valence-corrected chi connectivity index (χ1v) is 15.4. The number of ether oxygens (including phenoxy) is 2. The Kier molecular flexibility index (Phi) is 10.5. The molecular formula is C35H41N3O7. The molecule has 1 saturated heterocycles. The minimum Gasteiger partial charge on any atom is -0.506 e. The highest BCUT2D eigenvalue weighted by Crippen LogP contribution is 2.34. The number of aromatic hydroxyl groups is 1. The number of nitrogens with one attached hydrogen (secondary N) is 2. The van der Waals surface area contributed by atoms with Crippen LogP contribution in [0.25, 0.3) is 10.9 Å². The number of phenols is 1. The number of pyridine rings is 1. The Hall–Kier alpha value is -4.22. The van der Waals surface area contributed by atoms with E-state index < -0.39 is 17.7 Å². The van der Waals surface area contributed by atoms with E-state index in [0.717, 1.165) is 32.2 Å². The van der Waals surface area contributed by atoms with Crippen molar-refractivity contribution in [2.45, 2.75) is 43.5 Å². The van der Waals surface area contributed by atoms with Crippen LogP contribution in [0.4, 0.5) is 0 Å². The van der Waals surface area contributed by atoms with Gasteiger partial charge in [-0.25, -0.2) is 4.79 Å². The number of aromatic amines is 1. The van der Waals surface area contributed by atoms with Gasteiger partial charge in [0.2, 0.25) is 11.2 Å². The predicted octanol–water partition coefficient (Wildman–Crippen LogP) is 3.59. The van der Waals surface area contributed by atoms with E-state index in [1.54, 1.807) is 60.7 Å². The van der Waals surface area contributed by atoms with Gasteiger partial charge in [0.05, 0.1) is 18.2 Å². The maximum absolute atomic E-state index is 13.5. The van der Waals surface area contributed by atoms with Gasteiger partial charge in [0.1, 0.15) is 17.6 Å². The first-order chi connectivity index (χ1) is 21.8. The number of aliphatic hydroxyl groups excluding tert-OH is 1. The molecule has 0 amide bonds. The molecular weight excluding hydrogens is 574 g/mol. The molecule has 1 fully saturated rings. The van der Waals surface area contributed by atoms with E-state index in [4.69, 9.17) is 9.47 Å². The van der Waals surface area contributed by atoms with Gasteiger partial charge in [0.15, 0.2) is 0 Å². The number of aliphatic hydroxyl groups is 2. The lowest BCUT2D eigenvalue weighted by atomic mass is 9.86. The SMILES string of the molecule is CN1CC[C@@H](OC(=O)[C@@](O)(c2ccccc2)c2cccc(OCCCCCNC[C@H](O)c3ccc(O)c4[nH]c(=O)ccc34)c2)C1. The van der Waals surface area contributed by atoms with Crippen LogP contribution < -0.4 is 15.6 Å². The zero-order valence-electron chi connectivity index (χ0n) is 25.4. The van der Waals surface area contributed by atoms with Gasteiger partial charge in [-0.3, -0.25) is 4.79 Å². The first kappa shape index (κ1) is 32.2. The van der Waals surface area contributed by atoms with Crippen molar-refractivity contribution >= 4 is 16.9 Å². The molecule has 5 rings (SSSR count). The number of benzene rings is 3. The van der Waals surface area contributed by atoms with Crippen molar-refractivity contribution in [1.29, 1.82) is 0 Å². The van der Waals surface area contributed by atoms with Crippen LogP contribution in [0.3, 0.4) is 0 Å². The molecule has 0 aliphatic carbocycles. The summed E-state index contributed by atoms with van der Waals surface area (Å²) >= 11 is 0. The number of aromatic nitrogens is 1. The van der Waals surface area contributed by atoms with Crippen LogP contribution in [-0.2, 0) is 15.1 Å². The van der Waals surface area contributed by atoms with Crippen LogP contribution in [0.15, 0.2) is 83.7 Å². The van der Waals surface area contributed by atoms with Crippen LogP contribution in [0.2, 0.25) is 0 Å². The van der Waals surface area contributed by atoms with E-state index in [1.165, 1.54) is 12.1 Å². The number of likely N-dealkylation sites (N-methyl/N-ethyl adjacent to an activating group) is 1. The average molecular weight is 616 g/mol. The Labute approximate surface area is 262 Å². The Morgan fingerprint density at radius 1 is 1.04 bits per heavy atom. The topological polar surface area (TPSA) is 144 Å². The summed E-state index contributed by atoms with van der Waals surface area (Å²) in [5.41, 5.74) is -0.530. The molecule has 5 N–H and O–H groups in total. The van der Waals surface area contributed by atoms with Crippen LogP contribution in [0.1, 0.15) is 48.5 Å². The quantitative estimate of drug-likeness (QED) is 0.106. The number of hydrogen-bond donors (Lipinski definition) is 5. The maximum Gasteiger partial charge on any atom is 0.348 e. The molecule has 10 nitrogen and oxygen atoms in total. The molecule has 0 unspecified atom stereocenters. The molecule has 2 heterocycles. The van der Waals surface area contributed by atoms with Gasteiger partial charge in [-0.1, -0.05) is 48.5 Å². The zero-order valence-corrected chi connectivity index (χ0v) is 25.4. The maximum atomic E-state index is 13.5. The van der Waals surface area contributed by atoms with Crippen molar-refractivity contribution < 1.29 is 29.6 Å². The van der Waals surface area contributed by atoms with Crippen molar-refractivity contribution in [1.82, 2.24) is 15.2 Å². The number of hydrogen-bond acceptors (Lipinski definition) is 9. The van der Waals surface area contributed by atoms with Crippen LogP contribution >= 0.6 is 0 Å². The normalized spacial score (nSPS) is 17.2. The molecule has 0 bridgehead atoms. The molecule has 10 heteroatoms. The number of carbonyl (C=O) groups is 1. The molecule has 0 radical (unpaired) electrons. The number of carbonyl (C=O) groups excluding carboxylic acids is 1. The number of phenolic OH excluding ortho intramolecular Hbond substituents is 1. The second kappa shape index (κ2) is 14.7. The first-order valence-electron chi connectivity index (χ1n) is 15.4. The highest BCUT2D eigenvalue weighted by Gasteiger charge is 2.43. The van der Waals surface area contributed by atoms with Crippen LogP contribution in [0.5, 0.6) is 11.5 Å². The third-order valence-corrected chi connectivity index (χ3v) is 8.23. The number of unbranched alkanes of at least 4 members (excludes halogenated alkanes) is 2. The van der Waals surface area contributed by atoms with E-state index >= 15 is 0 Å². The Bertz CT molecular complexity index is 1640. The summed E-state index contributed by atoms with van der Waals surface area (Å²) < 4.78 is 11.8. The number of rotatable bonds is 14. The number of esters is 1. The second-order valence-electron chi connectivity index (χ2n) is 11.6. The monoisotopic (exact) mass is 615 g/mol. The standard InChI is InChI=1S/C35H41N3O7/c1-38-19-17-27(23-38)45-34(42)35(43,24-9-4-2-5-10-24)25-11-8-12-26(21-25)44-20-7-3-6-18-36-22-31(40)28-13-15-30(39)33-29(28)14-16-32(41)37-33/h2,4-5,8-16,21,27,31,36,39-40,43H,3,6-7,17-20,22-23H2,1H3,(H,37,41)/t27-,31+,35-/m1/s1. The molecule has 0 spiro atoms. The number of nitrogens with zero attached hydrogens (tertiary/aromatic N) is 1. The van der Waals surface area contributed by atoms with Gasteiger partial charge in [-0.05, 0) is 74.7 Å². The third kappa shape index (κ3) is 7.72. The minimum atomic E-state index is -1.97. The highest BCUT2D eigenvalue weighted by atomic mass is 16.6. The zero-order chi connectivity index (χ0) is 31.8. The van der Waals surface area contributed by atoms with Crippen molar-refractivity contribution in [3.8, 4) is 11.5 Å². The number of fused-ring (bicyclic) bond motifs is 1. The summed E-state index contributed by atoms with van der Waals surface area (Å²) in [6.45, 7) is 2.96. The Morgan fingerprint density at radius 3 is 2.62 bits per heavy atom. The molecule has 1 aliphatic rings. The van der Waals surface area contributed by atoms with Gasteiger partial charge in [-0.2, -0.15) is 0 Å². The lowest BCUT2D eigenvalue weighted by Gasteiger charge is -2.29. The number of likely N-dealkylation sites (tertiary alicyclic amines) is 1. The Balaban J connectivity index is 1.10. The predicted molar refractivity (Wildman–Crippen MR) is 171 cm³/mol. The van der Waals surface area contributed by atoms with Gasteiger partial charge < -0.3 is 40.0 Å². The fraction of sp³-hybridized carbons (Fsp3) is 0.371. The molecule has 3 atom stereocenters. The molecule has 0 saturated carbocycles. The summed E-state index contributed by atoms with van der Waals surface area (Å²) in [4.78, 5) is 29.8. The summed E-state index contributed by atoms with van der Waals surface area (Å²) in [6.07, 6.45) is 2.21. The lowest BCUT2D eigenvalue weighted by molar-refractivity contribution is -0.167. The van der Waals surface area contributed by atoms with E-state index in [0.29, 0.717) is 59.6 Å². The summed E-state index contributed by atoms with van der Waals surface area (Å²) in [6, 6.07) is 21.9. The summed E-state index contributed by atoms with van der Waals surface area (Å²) in [5, 5.41) is 36.5. The van der Waals surface area contributed by atoms with E-state index in [1.807, 2.05) is 13.1 Å². The molecule has 1 aromatic heterocycles. The number of H-pyrrole nitrogens is 1. The van der Waals surface area contributed by atoms with Gasteiger partial charge in [-0.15, -0.1) is 0 Å². The lowest BCUT2D eigenvalue weighted by Crippen LogP contribution is -2.41. The molecule has 4 aromatic rings. The fourth-order valence-electron chi connectivity index (χ4n) is 5.74. The molecule has 45 heavy (non-hydrogen) atoms. The van der Waals surface area contributed by atoms with Crippen molar-refractivity contribution in [3.05, 3.63) is 106 Å². The van der Waals surface area contributed by atoms with E-state index in [9.17, 15) is 24.9 Å². The van der Waals surface area contributed by atoms with Gasteiger partial charge in [0.25, 0.3) is 0 Å². The van der Waals surface area contributed by atoms with Crippen molar-refractivity contribution in [3.63, 3.8) is 0 Å². The van der Waals surface area contributed by atoms with Crippen molar-refractivity contribution in [2.24, 2.45) is 0 Å².